The fraction of sp³-hybridized carbons (Fsp3) is 1.00. The smallest absolute Gasteiger partial charge is 0.275 e. The van der Waals surface area contributed by atoms with E-state index in [0.717, 1.165) is 0 Å². The minimum absolute atomic E-state index is 1.24. The van der Waals surface area contributed by atoms with E-state index >= 15 is 0 Å². The maximum Gasteiger partial charge on any atom is 0.275 e. The van der Waals surface area contributed by atoms with Gasteiger partial charge in [0, 0.05) is 8.44 Å². The summed E-state index contributed by atoms with van der Waals surface area (Å²) in [6.07, 6.45) is 0. The molecule has 0 fully saturated rings. The van der Waals surface area contributed by atoms with Gasteiger partial charge in [0.1, 0.15) is 0 Å². The van der Waals surface area contributed by atoms with Crippen LogP contribution in [0.25, 0.3) is 0 Å². The summed E-state index contributed by atoms with van der Waals surface area (Å²) in [5.41, 5.74) is 4.50. The normalized spacial score (nSPS) is 9.14. The highest BCUT2D eigenvalue weighted by molar-refractivity contribution is 8.34. The molecule has 0 amide bonds. The van der Waals surface area contributed by atoms with Crippen LogP contribution in [0, 0.1) is 0 Å². The van der Waals surface area contributed by atoms with Crippen molar-refractivity contribution in [2.45, 2.75) is 0 Å². The first-order valence-electron chi connectivity index (χ1n) is 1.33. The summed E-state index contributed by atoms with van der Waals surface area (Å²) in [5, 5.41) is 0. The molecule has 0 saturated heterocycles. The van der Waals surface area contributed by atoms with E-state index in [-0.39, 0.29) is 0 Å². The van der Waals surface area contributed by atoms with E-state index in [1.165, 1.54) is 15.5 Å². The van der Waals surface area contributed by atoms with Crippen LogP contribution >= 0.6 is 8.44 Å². The van der Waals surface area contributed by atoms with Gasteiger partial charge in [0.25, 0.3) is 9.74 Å². The molecule has 0 aliphatic carbocycles. The fourth-order valence-corrected chi connectivity index (χ4v) is 0. The van der Waals surface area contributed by atoms with Crippen molar-refractivity contribution in [3.8, 4) is 0 Å². The van der Waals surface area contributed by atoms with Crippen molar-refractivity contribution in [2.24, 2.45) is 5.73 Å². The first-order valence-corrected chi connectivity index (χ1v) is 4.25. The predicted molar refractivity (Wildman–Crippen MR) is 31.4 cm³/mol. The van der Waals surface area contributed by atoms with Gasteiger partial charge in [-0.05, 0) is 7.05 Å². The highest BCUT2D eigenvalue weighted by atomic mass is 32.7. The summed E-state index contributed by atoms with van der Waals surface area (Å²) < 4.78 is 25.8. The molecule has 46 valence electrons. The third-order valence-corrected chi connectivity index (χ3v) is 0. The molecule has 6 heteroatoms. The summed E-state index contributed by atoms with van der Waals surface area (Å²) in [6.45, 7) is 0. The topological polar surface area (TPSA) is 80.4 Å². The molecule has 3 N–H and O–H groups in total. The lowest BCUT2D eigenvalue weighted by Crippen LogP contribution is -1.76. The van der Waals surface area contributed by atoms with E-state index in [4.69, 9.17) is 13.0 Å². The van der Waals surface area contributed by atoms with Crippen molar-refractivity contribution in [3.05, 3.63) is 0 Å². The molecule has 0 heterocycles. The summed E-state index contributed by atoms with van der Waals surface area (Å²) in [6, 6.07) is 0. The Bertz CT molecular complexity index is 98.1. The molecule has 7 heavy (non-hydrogen) atoms. The zero-order valence-electron chi connectivity index (χ0n) is 3.83. The lowest BCUT2D eigenvalue weighted by atomic mass is 11.6. The standard InChI is InChI=1S/CH5N.H3O3PS/c1-2;1-5(2,3)4/h2H2,1H3;4H2,(H,1,2,3). The van der Waals surface area contributed by atoms with Gasteiger partial charge >= 0.3 is 0 Å². The molecule has 0 aromatic rings. The molecule has 0 aromatic heterocycles. The Morgan fingerprint density at radius 3 is 1.57 bits per heavy atom. The second-order valence-electron chi connectivity index (χ2n) is 0.515. The number of hydrogen-bond acceptors (Lipinski definition) is 3. The molecule has 0 aliphatic rings. The highest BCUT2D eigenvalue weighted by Crippen LogP contribution is 1.89. The third-order valence-electron chi connectivity index (χ3n) is 0. The van der Waals surface area contributed by atoms with Crippen LogP contribution in [0.1, 0.15) is 0 Å². The zero-order valence-corrected chi connectivity index (χ0v) is 5.80. The van der Waals surface area contributed by atoms with E-state index in [9.17, 15) is 0 Å². The van der Waals surface area contributed by atoms with Gasteiger partial charge < -0.3 is 5.73 Å². The molecule has 1 unspecified atom stereocenters. The quantitative estimate of drug-likeness (QED) is 0.347. The minimum atomic E-state index is -3.75. The molecule has 0 spiro atoms. The molecule has 0 aliphatic heterocycles. The van der Waals surface area contributed by atoms with Gasteiger partial charge in [-0.15, -0.1) is 0 Å². The first kappa shape index (κ1) is 10.3. The van der Waals surface area contributed by atoms with E-state index in [2.05, 4.69) is 5.73 Å². The van der Waals surface area contributed by atoms with Crippen molar-refractivity contribution in [1.29, 1.82) is 0 Å². The van der Waals surface area contributed by atoms with E-state index in [1.807, 2.05) is 0 Å². The van der Waals surface area contributed by atoms with Crippen LogP contribution in [-0.2, 0) is 9.74 Å². The van der Waals surface area contributed by atoms with Gasteiger partial charge in [-0.1, -0.05) is 0 Å². The fourth-order valence-electron chi connectivity index (χ4n) is 0. The van der Waals surface area contributed by atoms with E-state index in [1.54, 1.807) is 0 Å². The Morgan fingerprint density at radius 2 is 1.57 bits per heavy atom. The largest absolute Gasteiger partial charge is 0.333 e. The van der Waals surface area contributed by atoms with Crippen LogP contribution in [0.5, 0.6) is 0 Å². The van der Waals surface area contributed by atoms with Gasteiger partial charge in [-0.3, -0.25) is 4.55 Å². The molecule has 0 aromatic carbocycles. The maximum absolute atomic E-state index is 9.15. The van der Waals surface area contributed by atoms with Crippen LogP contribution in [0.2, 0.25) is 0 Å². The molecule has 0 rings (SSSR count). The Balaban J connectivity index is 0. The maximum atomic E-state index is 9.15. The third kappa shape index (κ3) is 1290. The van der Waals surface area contributed by atoms with Crippen LogP contribution in [0.3, 0.4) is 0 Å². The van der Waals surface area contributed by atoms with Gasteiger partial charge in [0.2, 0.25) is 0 Å². The molecular weight excluding hydrogens is 137 g/mol. The molecule has 4 nitrogen and oxygen atoms in total. The van der Waals surface area contributed by atoms with E-state index in [0.29, 0.717) is 0 Å². The van der Waals surface area contributed by atoms with Crippen LogP contribution in [0.4, 0.5) is 0 Å². The molecule has 0 radical (unpaired) electrons. The predicted octanol–water partition coefficient (Wildman–Crippen LogP) is -0.761. The lowest BCUT2D eigenvalue weighted by Gasteiger charge is -1.69. The molecule has 1 atom stereocenters. The Labute approximate surface area is 44.8 Å². The zero-order chi connectivity index (χ0) is 6.50. The second-order valence-corrected chi connectivity index (χ2v) is 3.33. The second kappa shape index (κ2) is 4.46. The monoisotopic (exact) mass is 145 g/mol. The van der Waals surface area contributed by atoms with Crippen LogP contribution in [0.15, 0.2) is 0 Å². The van der Waals surface area contributed by atoms with Crippen LogP contribution in [-0.4, -0.2) is 20.0 Å². The van der Waals surface area contributed by atoms with Crippen molar-refractivity contribution < 1.29 is 13.0 Å². The average molecular weight is 145 g/mol. The minimum Gasteiger partial charge on any atom is -0.333 e. The Hall–Kier alpha value is 0.300. The molecule has 0 bridgehead atoms. The van der Waals surface area contributed by atoms with Crippen molar-refractivity contribution in [3.63, 3.8) is 0 Å². The van der Waals surface area contributed by atoms with Gasteiger partial charge in [-0.2, -0.15) is 8.42 Å². The summed E-state index contributed by atoms with van der Waals surface area (Å²) in [5.74, 6) is 0. The highest BCUT2D eigenvalue weighted by Gasteiger charge is 1.81. The number of hydrogen-bond donors (Lipinski definition) is 2. The number of nitrogens with two attached hydrogens (primary N) is 1. The summed E-state index contributed by atoms with van der Waals surface area (Å²) in [7, 11) is -1.01. The molecular formula is CH8NO3PS. The molecule has 0 saturated carbocycles. The lowest BCUT2D eigenvalue weighted by molar-refractivity contribution is 0.503. The number of rotatable bonds is 0. The Morgan fingerprint density at radius 1 is 1.57 bits per heavy atom. The SMILES string of the molecule is CN.O=S(=O)(O)P. The average Bonchev–Trinajstić information content (AvgIpc) is 1.36. The Kier molecular flexibility index (Phi) is 6.57. The van der Waals surface area contributed by atoms with Crippen molar-refractivity contribution in [2.75, 3.05) is 7.05 Å². The van der Waals surface area contributed by atoms with Gasteiger partial charge in [0.05, 0.1) is 0 Å². The summed E-state index contributed by atoms with van der Waals surface area (Å²) in [4.78, 5) is 0. The van der Waals surface area contributed by atoms with Gasteiger partial charge in [0.15, 0.2) is 0 Å². The van der Waals surface area contributed by atoms with Gasteiger partial charge in [-0.25, -0.2) is 0 Å². The van der Waals surface area contributed by atoms with Crippen molar-refractivity contribution >= 4 is 18.2 Å². The van der Waals surface area contributed by atoms with E-state index < -0.39 is 9.74 Å². The first-order chi connectivity index (χ1) is 3.00. The van der Waals surface area contributed by atoms with Crippen LogP contribution < -0.4 is 5.73 Å². The summed E-state index contributed by atoms with van der Waals surface area (Å²) >= 11 is 0. The van der Waals surface area contributed by atoms with Crippen molar-refractivity contribution in [1.82, 2.24) is 0 Å².